The third-order valence-electron chi connectivity index (χ3n) is 2.27. The second-order valence-corrected chi connectivity index (χ2v) is 4.83. The zero-order chi connectivity index (χ0) is 15.1. The first kappa shape index (κ1) is 16.1. The summed E-state index contributed by atoms with van der Waals surface area (Å²) in [6.07, 6.45) is 0. The Hall–Kier alpha value is -1.92. The second-order valence-electron chi connectivity index (χ2n) is 4.83. The number of rotatable bonds is 6. The van der Waals surface area contributed by atoms with Crippen molar-refractivity contribution >= 4 is 11.9 Å². The minimum absolute atomic E-state index is 0.153. The largest absolute Gasteiger partial charge is 0.446 e. The van der Waals surface area contributed by atoms with Crippen LogP contribution in [0.15, 0.2) is 24.3 Å². The Balaban J connectivity index is 2.82. The second kappa shape index (κ2) is 7.62. The zero-order valence-corrected chi connectivity index (χ0v) is 12.3. The van der Waals surface area contributed by atoms with Crippen LogP contribution in [0, 0.1) is 0 Å². The summed E-state index contributed by atoms with van der Waals surface area (Å²) in [5.41, 5.74) is 0.413. The van der Waals surface area contributed by atoms with E-state index in [4.69, 9.17) is 9.47 Å². The van der Waals surface area contributed by atoms with E-state index in [9.17, 15) is 9.59 Å². The highest BCUT2D eigenvalue weighted by Gasteiger charge is 2.19. The van der Waals surface area contributed by atoms with Gasteiger partial charge in [-0.05, 0) is 40.3 Å². The van der Waals surface area contributed by atoms with E-state index < -0.39 is 11.9 Å². The zero-order valence-electron chi connectivity index (χ0n) is 12.3. The van der Waals surface area contributed by atoms with E-state index in [1.54, 1.807) is 62.3 Å². The van der Waals surface area contributed by atoms with Gasteiger partial charge in [0, 0.05) is 0 Å². The first-order valence-electron chi connectivity index (χ1n) is 6.14. The summed E-state index contributed by atoms with van der Waals surface area (Å²) in [5.74, 6) is -1.09. The number of carbonyl (C=O) groups excluding carboxylic acids is 2. The van der Waals surface area contributed by atoms with Crippen molar-refractivity contribution < 1.29 is 19.1 Å². The molecule has 0 atom stereocenters. The maximum Gasteiger partial charge on any atom is 0.340 e. The number of hydrogen-bond donors (Lipinski definition) is 0. The molecule has 1 aromatic rings. The monoisotopic (exact) mass is 280 g/mol. The van der Waals surface area contributed by atoms with Crippen LogP contribution in [0.5, 0.6) is 0 Å². The van der Waals surface area contributed by atoms with Crippen molar-refractivity contribution in [2.45, 2.75) is 0 Å². The van der Waals surface area contributed by atoms with Gasteiger partial charge >= 0.3 is 11.9 Å². The van der Waals surface area contributed by atoms with Crippen molar-refractivity contribution in [2.24, 2.45) is 0 Å². The van der Waals surface area contributed by atoms with Crippen LogP contribution >= 0.6 is 0 Å². The summed E-state index contributed by atoms with van der Waals surface area (Å²) < 4.78 is 10.1. The first-order valence-corrected chi connectivity index (χ1v) is 6.14. The molecule has 0 aliphatic rings. The van der Waals surface area contributed by atoms with E-state index in [1.165, 1.54) is 0 Å². The Morgan fingerprint density at radius 1 is 0.850 bits per heavy atom. The molecule has 6 heteroatoms. The molecular weight excluding hydrogens is 260 g/mol. The normalized spacial score (nSPS) is 10.7. The van der Waals surface area contributed by atoms with Crippen LogP contribution in [-0.2, 0) is 9.47 Å². The van der Waals surface area contributed by atoms with Gasteiger partial charge in [-0.15, -0.1) is 0 Å². The Bertz CT molecular complexity index is 429. The maximum absolute atomic E-state index is 11.9. The average Bonchev–Trinajstić information content (AvgIpc) is 2.42. The molecule has 0 unspecified atom stereocenters. The van der Waals surface area contributed by atoms with Crippen LogP contribution in [-0.4, -0.2) is 63.4 Å². The molecule has 0 saturated carbocycles. The molecule has 0 bridgehead atoms. The van der Waals surface area contributed by atoms with Crippen molar-refractivity contribution in [2.75, 3.05) is 41.7 Å². The third-order valence-corrected chi connectivity index (χ3v) is 2.27. The van der Waals surface area contributed by atoms with Gasteiger partial charge in [-0.25, -0.2) is 9.59 Å². The SMILES string of the molecule is CN(C)COC(=O)c1ccccc1C(=O)OCN(C)C. The van der Waals surface area contributed by atoms with Crippen molar-refractivity contribution in [1.29, 1.82) is 0 Å². The lowest BCUT2D eigenvalue weighted by molar-refractivity contribution is 0.0274. The van der Waals surface area contributed by atoms with E-state index in [2.05, 4.69) is 0 Å². The molecule has 110 valence electrons. The molecule has 0 N–H and O–H groups in total. The fraction of sp³-hybridized carbons (Fsp3) is 0.429. The quantitative estimate of drug-likeness (QED) is 0.573. The highest BCUT2D eigenvalue weighted by Crippen LogP contribution is 2.12. The fourth-order valence-electron chi connectivity index (χ4n) is 1.37. The Labute approximate surface area is 118 Å². The molecule has 20 heavy (non-hydrogen) atoms. The van der Waals surface area contributed by atoms with E-state index in [-0.39, 0.29) is 24.6 Å². The number of nitrogens with zero attached hydrogens (tertiary/aromatic N) is 2. The third kappa shape index (κ3) is 4.99. The lowest BCUT2D eigenvalue weighted by atomic mass is 10.1. The van der Waals surface area contributed by atoms with Gasteiger partial charge in [-0.3, -0.25) is 9.80 Å². The van der Waals surface area contributed by atoms with Crippen LogP contribution in [0.2, 0.25) is 0 Å². The van der Waals surface area contributed by atoms with Gasteiger partial charge in [0.1, 0.15) is 13.5 Å². The van der Waals surface area contributed by atoms with E-state index >= 15 is 0 Å². The van der Waals surface area contributed by atoms with Gasteiger partial charge < -0.3 is 9.47 Å². The van der Waals surface area contributed by atoms with Crippen molar-refractivity contribution in [1.82, 2.24) is 9.80 Å². The highest BCUT2D eigenvalue weighted by atomic mass is 16.6. The molecule has 0 spiro atoms. The van der Waals surface area contributed by atoms with E-state index in [0.29, 0.717) is 0 Å². The summed E-state index contributed by atoms with van der Waals surface area (Å²) in [5, 5.41) is 0. The van der Waals surface area contributed by atoms with E-state index in [1.807, 2.05) is 0 Å². The lowest BCUT2D eigenvalue weighted by Gasteiger charge is -2.13. The van der Waals surface area contributed by atoms with Gasteiger partial charge in [-0.2, -0.15) is 0 Å². The highest BCUT2D eigenvalue weighted by molar-refractivity contribution is 6.03. The predicted octanol–water partition coefficient (Wildman–Crippen LogP) is 1.04. The number of benzene rings is 1. The topological polar surface area (TPSA) is 59.1 Å². The fourth-order valence-corrected chi connectivity index (χ4v) is 1.37. The van der Waals surface area contributed by atoms with Crippen LogP contribution in [0.3, 0.4) is 0 Å². The molecule has 1 aromatic carbocycles. The van der Waals surface area contributed by atoms with Gasteiger partial charge in [0.25, 0.3) is 0 Å². The molecule has 0 fully saturated rings. The molecule has 0 aliphatic carbocycles. The van der Waals surface area contributed by atoms with Gasteiger partial charge in [0.05, 0.1) is 11.1 Å². The average molecular weight is 280 g/mol. The summed E-state index contributed by atoms with van der Waals surface area (Å²) in [6, 6.07) is 6.44. The Morgan fingerprint density at radius 3 is 1.50 bits per heavy atom. The van der Waals surface area contributed by atoms with Crippen LogP contribution in [0.1, 0.15) is 20.7 Å². The minimum Gasteiger partial charge on any atom is -0.446 e. The molecule has 0 saturated heterocycles. The van der Waals surface area contributed by atoms with Gasteiger partial charge in [-0.1, -0.05) is 12.1 Å². The van der Waals surface area contributed by atoms with Crippen molar-refractivity contribution in [3.63, 3.8) is 0 Å². The predicted molar refractivity (Wildman–Crippen MR) is 74.4 cm³/mol. The van der Waals surface area contributed by atoms with E-state index in [0.717, 1.165) is 0 Å². The van der Waals surface area contributed by atoms with Crippen LogP contribution < -0.4 is 0 Å². The van der Waals surface area contributed by atoms with Crippen molar-refractivity contribution in [3.8, 4) is 0 Å². The number of esters is 2. The summed E-state index contributed by atoms with van der Waals surface area (Å²) >= 11 is 0. The first-order chi connectivity index (χ1) is 9.41. The molecule has 0 aliphatic heterocycles. The number of hydrogen-bond acceptors (Lipinski definition) is 6. The van der Waals surface area contributed by atoms with Crippen LogP contribution in [0.25, 0.3) is 0 Å². The molecule has 6 nitrogen and oxygen atoms in total. The molecular formula is C14H20N2O4. The smallest absolute Gasteiger partial charge is 0.340 e. The van der Waals surface area contributed by atoms with Crippen molar-refractivity contribution in [3.05, 3.63) is 35.4 Å². The number of ether oxygens (including phenoxy) is 2. The van der Waals surface area contributed by atoms with Gasteiger partial charge in [0.2, 0.25) is 0 Å². The molecule has 0 aromatic heterocycles. The van der Waals surface area contributed by atoms with Crippen LogP contribution in [0.4, 0.5) is 0 Å². The van der Waals surface area contributed by atoms with Gasteiger partial charge in [0.15, 0.2) is 0 Å². The molecule has 0 heterocycles. The molecule has 0 amide bonds. The lowest BCUT2D eigenvalue weighted by Crippen LogP contribution is -2.23. The minimum atomic E-state index is -0.545. The number of carbonyl (C=O) groups is 2. The standard InChI is InChI=1S/C14H20N2O4/c1-15(2)9-19-13(17)11-7-5-6-8-12(11)14(18)20-10-16(3)4/h5-8H,9-10H2,1-4H3. The summed E-state index contributed by atoms with van der Waals surface area (Å²) in [6.45, 7) is 0.305. The summed E-state index contributed by atoms with van der Waals surface area (Å²) in [7, 11) is 7.13. The maximum atomic E-state index is 11.9. The Morgan fingerprint density at radius 2 is 1.20 bits per heavy atom. The molecule has 1 rings (SSSR count). The molecule has 0 radical (unpaired) electrons. The summed E-state index contributed by atoms with van der Waals surface area (Å²) in [4.78, 5) is 27.3. The Kier molecular flexibility index (Phi) is 6.14.